The molecule has 0 radical (unpaired) electrons. The zero-order valence-electron chi connectivity index (χ0n) is 10.9. The minimum atomic E-state index is -0.492. The molecule has 1 amide bonds. The summed E-state index contributed by atoms with van der Waals surface area (Å²) in [6.45, 7) is 2.49. The van der Waals surface area contributed by atoms with Crippen molar-refractivity contribution in [2.45, 2.75) is 13.5 Å². The number of carbonyl (C=O) groups is 1. The van der Waals surface area contributed by atoms with Gasteiger partial charge in [0.1, 0.15) is 0 Å². The third kappa shape index (κ3) is 3.24. The fourth-order valence-electron chi connectivity index (χ4n) is 1.88. The molecule has 0 spiro atoms. The molecule has 104 valence electrons. The van der Waals surface area contributed by atoms with Crippen LogP contribution in [0.15, 0.2) is 36.4 Å². The molecule has 0 unspecified atom stereocenters. The van der Waals surface area contributed by atoms with Gasteiger partial charge in [-0.3, -0.25) is 4.79 Å². The van der Waals surface area contributed by atoms with Crippen LogP contribution >= 0.6 is 23.2 Å². The Balaban J connectivity index is 2.17. The summed E-state index contributed by atoms with van der Waals surface area (Å²) in [6, 6.07) is 10.7. The Kier molecular flexibility index (Phi) is 4.53. The van der Waals surface area contributed by atoms with Gasteiger partial charge in [0.25, 0.3) is 0 Å². The summed E-state index contributed by atoms with van der Waals surface area (Å²) in [5, 5.41) is 4.42. The Morgan fingerprint density at radius 1 is 1.20 bits per heavy atom. The first-order valence-corrected chi connectivity index (χ1v) is 6.82. The molecule has 0 aliphatic heterocycles. The fourth-order valence-corrected chi connectivity index (χ4v) is 2.42. The van der Waals surface area contributed by atoms with Crippen LogP contribution in [0.4, 0.5) is 5.69 Å². The highest BCUT2D eigenvalue weighted by molar-refractivity contribution is 6.33. The average Bonchev–Trinajstić information content (AvgIpc) is 2.39. The quantitative estimate of drug-likeness (QED) is 0.896. The lowest BCUT2D eigenvalue weighted by molar-refractivity contribution is 0.100. The number of anilines is 1. The molecule has 2 rings (SSSR count). The average molecular weight is 309 g/mol. The van der Waals surface area contributed by atoms with Crippen molar-refractivity contribution in [3.63, 3.8) is 0 Å². The van der Waals surface area contributed by atoms with Crippen LogP contribution in [0.1, 0.15) is 21.5 Å². The van der Waals surface area contributed by atoms with E-state index in [-0.39, 0.29) is 0 Å². The molecule has 3 N–H and O–H groups in total. The third-order valence-corrected chi connectivity index (χ3v) is 3.68. The summed E-state index contributed by atoms with van der Waals surface area (Å²) in [5.74, 6) is -0.492. The number of primary amides is 1. The number of nitrogens with two attached hydrogens (primary N) is 1. The third-order valence-electron chi connectivity index (χ3n) is 3.02. The maximum absolute atomic E-state index is 11.1. The zero-order chi connectivity index (χ0) is 14.7. The minimum Gasteiger partial charge on any atom is -0.379 e. The number of benzene rings is 2. The lowest BCUT2D eigenvalue weighted by Crippen LogP contribution is -2.11. The van der Waals surface area contributed by atoms with E-state index in [1.807, 2.05) is 25.1 Å². The van der Waals surface area contributed by atoms with Crippen LogP contribution in [0, 0.1) is 6.92 Å². The van der Waals surface area contributed by atoms with Crippen LogP contribution in [-0.4, -0.2) is 5.91 Å². The number of hydrogen-bond acceptors (Lipinski definition) is 2. The number of hydrogen-bond donors (Lipinski definition) is 2. The molecule has 0 bridgehead atoms. The van der Waals surface area contributed by atoms with E-state index in [1.54, 1.807) is 18.2 Å². The smallest absolute Gasteiger partial charge is 0.248 e. The van der Waals surface area contributed by atoms with Crippen molar-refractivity contribution in [2.24, 2.45) is 5.73 Å². The molecule has 2 aromatic carbocycles. The second-order valence-corrected chi connectivity index (χ2v) is 5.27. The van der Waals surface area contributed by atoms with Crippen LogP contribution in [0.5, 0.6) is 0 Å². The van der Waals surface area contributed by atoms with E-state index < -0.39 is 5.91 Å². The van der Waals surface area contributed by atoms with E-state index in [2.05, 4.69) is 5.32 Å². The minimum absolute atomic E-state index is 0.396. The van der Waals surface area contributed by atoms with E-state index in [1.165, 1.54) is 0 Å². The lowest BCUT2D eigenvalue weighted by Gasteiger charge is -2.12. The molecule has 3 nitrogen and oxygen atoms in total. The normalized spacial score (nSPS) is 10.3. The second kappa shape index (κ2) is 6.16. The van der Waals surface area contributed by atoms with Gasteiger partial charge in [0.15, 0.2) is 0 Å². The standard InChI is InChI=1S/C15H14Cl2N2O/c1-9-3-2-4-12(16)14(9)19-8-11-6-5-10(15(18)20)7-13(11)17/h2-7,19H,8H2,1H3,(H2,18,20). The maximum atomic E-state index is 11.1. The summed E-state index contributed by atoms with van der Waals surface area (Å²) >= 11 is 12.3. The number of amides is 1. The summed E-state index contributed by atoms with van der Waals surface area (Å²) < 4.78 is 0. The van der Waals surface area contributed by atoms with E-state index >= 15 is 0 Å². The topological polar surface area (TPSA) is 55.1 Å². The lowest BCUT2D eigenvalue weighted by atomic mass is 10.1. The first-order valence-electron chi connectivity index (χ1n) is 6.06. The van der Waals surface area contributed by atoms with Crippen LogP contribution in [-0.2, 0) is 6.54 Å². The van der Waals surface area contributed by atoms with Crippen LogP contribution < -0.4 is 11.1 Å². The summed E-state index contributed by atoms with van der Waals surface area (Å²) in [6.07, 6.45) is 0. The fraction of sp³-hybridized carbons (Fsp3) is 0.133. The first-order chi connectivity index (χ1) is 9.49. The van der Waals surface area contributed by atoms with E-state index in [0.717, 1.165) is 16.8 Å². The van der Waals surface area contributed by atoms with Crippen molar-refractivity contribution >= 4 is 34.8 Å². The van der Waals surface area contributed by atoms with E-state index in [4.69, 9.17) is 28.9 Å². The van der Waals surface area contributed by atoms with Gasteiger partial charge in [-0.05, 0) is 36.2 Å². The molecule has 5 heteroatoms. The van der Waals surface area contributed by atoms with Gasteiger partial charge in [0.2, 0.25) is 5.91 Å². The monoisotopic (exact) mass is 308 g/mol. The number of nitrogens with one attached hydrogen (secondary N) is 1. The number of aryl methyl sites for hydroxylation is 1. The van der Waals surface area contributed by atoms with Gasteiger partial charge in [0, 0.05) is 17.1 Å². The van der Waals surface area contributed by atoms with Crippen molar-refractivity contribution in [3.05, 3.63) is 63.1 Å². The van der Waals surface area contributed by atoms with Crippen molar-refractivity contribution in [1.29, 1.82) is 0 Å². The van der Waals surface area contributed by atoms with Gasteiger partial charge in [-0.2, -0.15) is 0 Å². The number of para-hydroxylation sites is 1. The molecular formula is C15H14Cl2N2O. The van der Waals surface area contributed by atoms with E-state index in [9.17, 15) is 4.79 Å². The molecular weight excluding hydrogens is 295 g/mol. The summed E-state index contributed by atoms with van der Waals surface area (Å²) in [7, 11) is 0. The largest absolute Gasteiger partial charge is 0.379 e. The summed E-state index contributed by atoms with van der Waals surface area (Å²) in [5.41, 5.74) is 8.41. The number of halogens is 2. The molecule has 0 aliphatic rings. The Labute approximate surface area is 127 Å². The van der Waals surface area contributed by atoms with Crippen LogP contribution in [0.3, 0.4) is 0 Å². The van der Waals surface area contributed by atoms with Gasteiger partial charge in [0.05, 0.1) is 10.7 Å². The molecule has 2 aromatic rings. The number of rotatable bonds is 4. The second-order valence-electron chi connectivity index (χ2n) is 4.46. The maximum Gasteiger partial charge on any atom is 0.248 e. The Hall–Kier alpha value is -1.71. The van der Waals surface area contributed by atoms with Crippen molar-refractivity contribution < 1.29 is 4.79 Å². The molecule has 20 heavy (non-hydrogen) atoms. The first kappa shape index (κ1) is 14.7. The van der Waals surface area contributed by atoms with Crippen molar-refractivity contribution in [2.75, 3.05) is 5.32 Å². The van der Waals surface area contributed by atoms with Gasteiger partial charge < -0.3 is 11.1 Å². The van der Waals surface area contributed by atoms with Crippen LogP contribution in [0.25, 0.3) is 0 Å². The molecule has 0 aliphatic carbocycles. The zero-order valence-corrected chi connectivity index (χ0v) is 12.4. The van der Waals surface area contributed by atoms with Gasteiger partial charge >= 0.3 is 0 Å². The predicted molar refractivity (Wildman–Crippen MR) is 83.5 cm³/mol. The van der Waals surface area contributed by atoms with Gasteiger partial charge in [-0.25, -0.2) is 0 Å². The highest BCUT2D eigenvalue weighted by atomic mass is 35.5. The highest BCUT2D eigenvalue weighted by Crippen LogP contribution is 2.27. The number of carbonyl (C=O) groups excluding carboxylic acids is 1. The van der Waals surface area contributed by atoms with Gasteiger partial charge in [-0.1, -0.05) is 41.4 Å². The molecule has 0 fully saturated rings. The SMILES string of the molecule is Cc1cccc(Cl)c1NCc1ccc(C(N)=O)cc1Cl. The Morgan fingerprint density at radius 2 is 1.95 bits per heavy atom. The molecule has 0 atom stereocenters. The molecule has 0 saturated carbocycles. The van der Waals surface area contributed by atoms with Crippen molar-refractivity contribution in [1.82, 2.24) is 0 Å². The van der Waals surface area contributed by atoms with Gasteiger partial charge in [-0.15, -0.1) is 0 Å². The molecule has 0 aromatic heterocycles. The van der Waals surface area contributed by atoms with Crippen LogP contribution in [0.2, 0.25) is 10.0 Å². The highest BCUT2D eigenvalue weighted by Gasteiger charge is 2.07. The predicted octanol–water partition coefficient (Wildman–Crippen LogP) is 4.01. The Bertz CT molecular complexity index is 636. The Morgan fingerprint density at radius 3 is 2.55 bits per heavy atom. The van der Waals surface area contributed by atoms with Crippen molar-refractivity contribution in [3.8, 4) is 0 Å². The van der Waals surface area contributed by atoms with E-state index in [0.29, 0.717) is 22.2 Å². The molecule has 0 saturated heterocycles. The summed E-state index contributed by atoms with van der Waals surface area (Å²) in [4.78, 5) is 11.1. The molecule has 0 heterocycles.